The first-order valence-corrected chi connectivity index (χ1v) is 4.68. The van der Waals surface area contributed by atoms with Gasteiger partial charge >= 0.3 is 0 Å². The molecule has 0 aliphatic heterocycles. The normalized spacial score (nSPS) is 9.67. The summed E-state index contributed by atoms with van der Waals surface area (Å²) in [5.74, 6) is 0. The maximum atomic E-state index is 5.15. The van der Waals surface area contributed by atoms with Gasteiger partial charge in [0.1, 0.15) is 0 Å². The molecule has 0 saturated carbocycles. The van der Waals surface area contributed by atoms with E-state index in [2.05, 4.69) is 19.1 Å². The maximum Gasteiger partial charge on any atom is 0.000552 e. The highest BCUT2D eigenvalue weighted by atomic mass is 14.5. The fourth-order valence-electron chi connectivity index (χ4n) is 0.236. The third kappa shape index (κ3) is 59.1. The minimum absolute atomic E-state index is 0.880. The molecule has 0 saturated heterocycles. The smallest absolute Gasteiger partial charge is 0.000552 e. The van der Waals surface area contributed by atoms with Gasteiger partial charge < -0.3 is 5.73 Å². The van der Waals surface area contributed by atoms with Gasteiger partial charge in [0.2, 0.25) is 0 Å². The lowest BCUT2D eigenvalue weighted by atomic mass is 10.4. The van der Waals surface area contributed by atoms with Crippen LogP contribution in [0.4, 0.5) is 0 Å². The largest absolute Gasteiger partial charge is 0.403 e. The lowest BCUT2D eigenvalue weighted by molar-refractivity contribution is 1.22. The molecule has 2 N–H and O–H groups in total. The van der Waals surface area contributed by atoms with Crippen LogP contribution in [-0.2, 0) is 0 Å². The fourth-order valence-corrected chi connectivity index (χ4v) is 0.236. The van der Waals surface area contributed by atoms with E-state index in [0.29, 0.717) is 0 Å². The van der Waals surface area contributed by atoms with Gasteiger partial charge in [-0.3, -0.25) is 0 Å². The molecule has 0 aliphatic carbocycles. The van der Waals surface area contributed by atoms with E-state index in [-0.39, 0.29) is 0 Å². The van der Waals surface area contributed by atoms with Gasteiger partial charge in [-0.2, -0.15) is 0 Å². The van der Waals surface area contributed by atoms with Crippen molar-refractivity contribution in [3.63, 3.8) is 0 Å². The molecule has 0 amide bonds. The summed E-state index contributed by atoms with van der Waals surface area (Å²) in [6.45, 7) is 11.9. The molecular formula is C11H25N. The Balaban J connectivity index is -0.000000112. The highest BCUT2D eigenvalue weighted by molar-refractivity contribution is 4.86. The average Bonchev–Trinajstić information content (AvgIpc) is 2.10. The molecule has 0 aromatic rings. The molecule has 0 aromatic heterocycles. The van der Waals surface area contributed by atoms with Gasteiger partial charge in [-0.1, -0.05) is 39.0 Å². The van der Waals surface area contributed by atoms with Crippen LogP contribution >= 0.6 is 0 Å². The Morgan fingerprint density at radius 3 is 1.58 bits per heavy atom. The molecule has 1 nitrogen and oxygen atoms in total. The standard InChI is InChI=1S/C5H10.C4H9N.C2H6/c1-3-5-4-2;1-3-4(2)5;1-2/h3,5H,4H2,1-2H3;3H,5H2,1-2H3;1-2H3/b5-3-;4-3+;. The van der Waals surface area contributed by atoms with E-state index in [4.69, 9.17) is 5.73 Å². The van der Waals surface area contributed by atoms with Gasteiger partial charge in [0, 0.05) is 5.70 Å². The van der Waals surface area contributed by atoms with Gasteiger partial charge in [-0.15, -0.1) is 0 Å². The van der Waals surface area contributed by atoms with Crippen molar-refractivity contribution in [1.82, 2.24) is 0 Å². The van der Waals surface area contributed by atoms with Crippen LogP contribution < -0.4 is 5.73 Å². The number of hydrogen-bond donors (Lipinski definition) is 1. The Labute approximate surface area is 78.4 Å². The number of hydrogen-bond acceptors (Lipinski definition) is 1. The van der Waals surface area contributed by atoms with E-state index in [0.717, 1.165) is 12.1 Å². The molecule has 1 heteroatoms. The second-order valence-corrected chi connectivity index (χ2v) is 2.01. The Morgan fingerprint density at radius 2 is 1.58 bits per heavy atom. The fraction of sp³-hybridized carbons (Fsp3) is 0.636. The van der Waals surface area contributed by atoms with Gasteiger partial charge in [0.25, 0.3) is 0 Å². The molecule has 12 heavy (non-hydrogen) atoms. The Hall–Kier alpha value is -0.720. The summed E-state index contributed by atoms with van der Waals surface area (Å²) < 4.78 is 0. The van der Waals surface area contributed by atoms with Crippen molar-refractivity contribution >= 4 is 0 Å². The topological polar surface area (TPSA) is 26.0 Å². The summed E-state index contributed by atoms with van der Waals surface area (Å²) >= 11 is 0. The quantitative estimate of drug-likeness (QED) is 0.595. The van der Waals surface area contributed by atoms with Crippen molar-refractivity contribution in [3.05, 3.63) is 23.9 Å². The summed E-state index contributed by atoms with van der Waals surface area (Å²) in [5.41, 5.74) is 6.03. The van der Waals surface area contributed by atoms with Gasteiger partial charge in [0.15, 0.2) is 0 Å². The van der Waals surface area contributed by atoms with Crippen molar-refractivity contribution in [3.8, 4) is 0 Å². The molecule has 0 heterocycles. The highest BCUT2D eigenvalue weighted by Crippen LogP contribution is 1.73. The third-order valence-electron chi connectivity index (χ3n) is 0.927. The first-order valence-electron chi connectivity index (χ1n) is 4.68. The van der Waals surface area contributed by atoms with E-state index in [1.54, 1.807) is 0 Å². The molecule has 0 fully saturated rings. The molecule has 0 unspecified atom stereocenters. The van der Waals surface area contributed by atoms with E-state index < -0.39 is 0 Å². The van der Waals surface area contributed by atoms with Crippen LogP contribution in [0.5, 0.6) is 0 Å². The summed E-state index contributed by atoms with van der Waals surface area (Å²) in [7, 11) is 0. The van der Waals surface area contributed by atoms with E-state index in [1.807, 2.05) is 40.7 Å². The minimum Gasteiger partial charge on any atom is -0.403 e. The third-order valence-corrected chi connectivity index (χ3v) is 0.927. The van der Waals surface area contributed by atoms with E-state index in [9.17, 15) is 0 Å². The zero-order chi connectivity index (χ0) is 10.4. The maximum absolute atomic E-state index is 5.15. The van der Waals surface area contributed by atoms with Gasteiger partial charge in [-0.25, -0.2) is 0 Å². The van der Waals surface area contributed by atoms with Crippen LogP contribution in [0.25, 0.3) is 0 Å². The zero-order valence-electron chi connectivity index (χ0n) is 9.52. The van der Waals surface area contributed by atoms with E-state index >= 15 is 0 Å². The molecular weight excluding hydrogens is 146 g/mol. The van der Waals surface area contributed by atoms with E-state index in [1.165, 1.54) is 0 Å². The Morgan fingerprint density at radius 1 is 1.25 bits per heavy atom. The van der Waals surface area contributed by atoms with Crippen LogP contribution in [0.3, 0.4) is 0 Å². The zero-order valence-corrected chi connectivity index (χ0v) is 9.52. The second kappa shape index (κ2) is 22.4. The predicted molar refractivity (Wildman–Crippen MR) is 60.1 cm³/mol. The van der Waals surface area contributed by atoms with Crippen molar-refractivity contribution in [2.45, 2.75) is 48.0 Å². The van der Waals surface area contributed by atoms with Crippen molar-refractivity contribution in [2.24, 2.45) is 5.73 Å². The first kappa shape index (κ1) is 17.4. The van der Waals surface area contributed by atoms with Crippen molar-refractivity contribution < 1.29 is 0 Å². The van der Waals surface area contributed by atoms with Crippen LogP contribution in [0, 0.1) is 0 Å². The predicted octanol–water partition coefficient (Wildman–Crippen LogP) is 3.87. The minimum atomic E-state index is 0.880. The average molecular weight is 171 g/mol. The number of nitrogens with two attached hydrogens (primary N) is 1. The molecule has 0 atom stereocenters. The molecule has 0 spiro atoms. The van der Waals surface area contributed by atoms with Crippen molar-refractivity contribution in [1.29, 1.82) is 0 Å². The van der Waals surface area contributed by atoms with Crippen LogP contribution in [-0.4, -0.2) is 0 Å². The first-order chi connectivity index (χ1) is 5.68. The SMILES string of the molecule is C/C=C(\C)N.C/C=C\CC.CC. The summed E-state index contributed by atoms with van der Waals surface area (Å²) in [5, 5.41) is 0. The molecule has 74 valence electrons. The lowest BCUT2D eigenvalue weighted by Gasteiger charge is -1.76. The molecule has 0 bridgehead atoms. The number of allylic oxidation sites excluding steroid dienone is 4. The lowest BCUT2D eigenvalue weighted by Crippen LogP contribution is -1.86. The monoisotopic (exact) mass is 171 g/mol. The second-order valence-electron chi connectivity index (χ2n) is 2.01. The molecule has 0 radical (unpaired) electrons. The van der Waals surface area contributed by atoms with Crippen LogP contribution in [0.2, 0.25) is 0 Å². The van der Waals surface area contributed by atoms with Crippen molar-refractivity contribution in [2.75, 3.05) is 0 Å². The highest BCUT2D eigenvalue weighted by Gasteiger charge is 1.60. The summed E-state index contributed by atoms with van der Waals surface area (Å²) in [4.78, 5) is 0. The van der Waals surface area contributed by atoms with Gasteiger partial charge in [-0.05, 0) is 27.2 Å². The summed E-state index contributed by atoms with van der Waals surface area (Å²) in [6.07, 6.45) is 7.20. The number of rotatable bonds is 1. The molecule has 0 aromatic carbocycles. The van der Waals surface area contributed by atoms with Crippen LogP contribution in [0.15, 0.2) is 23.9 Å². The molecule has 0 rings (SSSR count). The van der Waals surface area contributed by atoms with Gasteiger partial charge in [0.05, 0.1) is 0 Å². The Kier molecular flexibility index (Phi) is 32.5. The van der Waals surface area contributed by atoms with Crippen LogP contribution in [0.1, 0.15) is 48.0 Å². The Bertz CT molecular complexity index is 97.6. The summed E-state index contributed by atoms with van der Waals surface area (Å²) in [6, 6.07) is 0. The molecule has 0 aliphatic rings.